The Hall–Kier alpha value is -0.930. The Morgan fingerprint density at radius 1 is 1.47 bits per heavy atom. The number of nitrogens with two attached hydrogens (primary N) is 1. The van der Waals surface area contributed by atoms with Crippen LogP contribution in [0.15, 0.2) is 18.2 Å². The summed E-state index contributed by atoms with van der Waals surface area (Å²) in [5, 5.41) is 0. The number of nitrogens with zero attached hydrogens (tertiary/aromatic N) is 1. The van der Waals surface area contributed by atoms with Crippen molar-refractivity contribution in [2.24, 2.45) is 5.73 Å². The van der Waals surface area contributed by atoms with Gasteiger partial charge in [0.05, 0.1) is 12.2 Å². The minimum absolute atomic E-state index is 0. The van der Waals surface area contributed by atoms with Crippen molar-refractivity contribution in [3.05, 3.63) is 23.8 Å². The zero-order valence-electron chi connectivity index (χ0n) is 8.90. The number of anilines is 1. The first-order valence-corrected chi connectivity index (χ1v) is 5.00. The number of halogens is 1. The molecule has 2 N–H and O–H groups in total. The van der Waals surface area contributed by atoms with Crippen LogP contribution in [0.3, 0.4) is 0 Å². The van der Waals surface area contributed by atoms with E-state index in [2.05, 4.69) is 30.0 Å². The van der Waals surface area contributed by atoms with Gasteiger partial charge >= 0.3 is 0 Å². The van der Waals surface area contributed by atoms with Crippen LogP contribution in [0.5, 0.6) is 5.75 Å². The van der Waals surface area contributed by atoms with Gasteiger partial charge in [-0.05, 0) is 24.6 Å². The topological polar surface area (TPSA) is 38.5 Å². The Morgan fingerprint density at radius 2 is 2.27 bits per heavy atom. The molecule has 0 fully saturated rings. The van der Waals surface area contributed by atoms with E-state index in [1.165, 1.54) is 11.3 Å². The van der Waals surface area contributed by atoms with Gasteiger partial charge in [0.2, 0.25) is 0 Å². The smallest absolute Gasteiger partial charge is 0.142 e. The Kier molecular flexibility index (Phi) is 4.24. The summed E-state index contributed by atoms with van der Waals surface area (Å²) in [7, 11) is 0. The molecule has 15 heavy (non-hydrogen) atoms. The normalized spacial score (nSPS) is 13.9. The van der Waals surface area contributed by atoms with Gasteiger partial charge in [-0.1, -0.05) is 6.07 Å². The van der Waals surface area contributed by atoms with Gasteiger partial charge in [-0.15, -0.1) is 12.4 Å². The molecule has 0 saturated heterocycles. The zero-order valence-corrected chi connectivity index (χ0v) is 9.72. The Balaban J connectivity index is 0.00000112. The Labute approximate surface area is 96.6 Å². The highest BCUT2D eigenvalue weighted by Gasteiger charge is 2.16. The molecule has 1 aromatic carbocycles. The van der Waals surface area contributed by atoms with Gasteiger partial charge in [0.25, 0.3) is 0 Å². The van der Waals surface area contributed by atoms with E-state index in [1.807, 2.05) is 0 Å². The lowest BCUT2D eigenvalue weighted by atomic mass is 10.1. The van der Waals surface area contributed by atoms with Crippen molar-refractivity contribution >= 4 is 18.1 Å². The molecule has 3 nitrogen and oxygen atoms in total. The van der Waals surface area contributed by atoms with Crippen LogP contribution < -0.4 is 15.4 Å². The van der Waals surface area contributed by atoms with Crippen LogP contribution in [0, 0.1) is 6.92 Å². The number of benzene rings is 1. The van der Waals surface area contributed by atoms with Crippen LogP contribution in [-0.2, 0) is 0 Å². The molecule has 0 unspecified atom stereocenters. The minimum atomic E-state index is 0. The summed E-state index contributed by atoms with van der Waals surface area (Å²) < 4.78 is 5.60. The van der Waals surface area contributed by atoms with E-state index in [-0.39, 0.29) is 12.4 Å². The van der Waals surface area contributed by atoms with Crippen LogP contribution in [0.1, 0.15) is 5.56 Å². The van der Waals surface area contributed by atoms with Crippen molar-refractivity contribution in [1.82, 2.24) is 0 Å². The van der Waals surface area contributed by atoms with Gasteiger partial charge in [-0.2, -0.15) is 0 Å². The summed E-state index contributed by atoms with van der Waals surface area (Å²) in [6, 6.07) is 6.30. The highest BCUT2D eigenvalue weighted by molar-refractivity contribution is 5.85. The van der Waals surface area contributed by atoms with Crippen LogP contribution in [0.2, 0.25) is 0 Å². The van der Waals surface area contributed by atoms with E-state index in [9.17, 15) is 0 Å². The van der Waals surface area contributed by atoms with E-state index in [0.717, 1.165) is 25.4 Å². The Bertz CT molecular complexity index is 330. The summed E-state index contributed by atoms with van der Waals surface area (Å²) >= 11 is 0. The molecule has 0 radical (unpaired) electrons. The second-order valence-electron chi connectivity index (χ2n) is 3.60. The second kappa shape index (κ2) is 5.24. The van der Waals surface area contributed by atoms with Crippen LogP contribution >= 0.6 is 12.4 Å². The minimum Gasteiger partial charge on any atom is -0.490 e. The van der Waals surface area contributed by atoms with Crippen molar-refractivity contribution in [3.63, 3.8) is 0 Å². The van der Waals surface area contributed by atoms with Gasteiger partial charge in [0.15, 0.2) is 0 Å². The molecule has 0 saturated carbocycles. The number of rotatable bonds is 2. The SMILES string of the molecule is Cc1ccc2c(c1)OCCN2CCN.Cl. The molecular formula is C11H17ClN2O. The first-order chi connectivity index (χ1) is 6.81. The summed E-state index contributed by atoms with van der Waals surface area (Å²) in [6.07, 6.45) is 0. The van der Waals surface area contributed by atoms with Crippen molar-refractivity contribution in [3.8, 4) is 5.75 Å². The third kappa shape index (κ3) is 2.55. The fourth-order valence-corrected chi connectivity index (χ4v) is 1.77. The maximum Gasteiger partial charge on any atom is 0.142 e. The maximum absolute atomic E-state index is 5.60. The van der Waals surface area contributed by atoms with Gasteiger partial charge in [-0.3, -0.25) is 0 Å². The number of hydrogen-bond acceptors (Lipinski definition) is 3. The number of aryl methyl sites for hydroxylation is 1. The van der Waals surface area contributed by atoms with Crippen molar-refractivity contribution in [2.45, 2.75) is 6.92 Å². The van der Waals surface area contributed by atoms with E-state index in [1.54, 1.807) is 0 Å². The fraction of sp³-hybridized carbons (Fsp3) is 0.455. The predicted octanol–water partition coefficient (Wildman–Crippen LogP) is 1.57. The molecule has 84 valence electrons. The molecule has 1 aliphatic rings. The quantitative estimate of drug-likeness (QED) is 0.835. The molecule has 0 amide bonds. The first-order valence-electron chi connectivity index (χ1n) is 5.00. The number of fused-ring (bicyclic) bond motifs is 1. The highest BCUT2D eigenvalue weighted by atomic mass is 35.5. The fourth-order valence-electron chi connectivity index (χ4n) is 1.77. The lowest BCUT2D eigenvalue weighted by Crippen LogP contribution is -2.36. The van der Waals surface area contributed by atoms with Crippen molar-refractivity contribution < 1.29 is 4.74 Å². The molecular weight excluding hydrogens is 212 g/mol. The van der Waals surface area contributed by atoms with Crippen LogP contribution in [-0.4, -0.2) is 26.2 Å². The largest absolute Gasteiger partial charge is 0.490 e. The van der Waals surface area contributed by atoms with E-state index in [0.29, 0.717) is 6.54 Å². The zero-order chi connectivity index (χ0) is 9.97. The third-order valence-corrected chi connectivity index (χ3v) is 2.47. The summed E-state index contributed by atoms with van der Waals surface area (Å²) in [6.45, 7) is 5.36. The molecule has 1 aromatic rings. The van der Waals surface area contributed by atoms with Crippen molar-refractivity contribution in [1.29, 1.82) is 0 Å². The number of ether oxygens (including phenoxy) is 1. The summed E-state index contributed by atoms with van der Waals surface area (Å²) in [5.41, 5.74) is 7.97. The lowest BCUT2D eigenvalue weighted by Gasteiger charge is -2.31. The highest BCUT2D eigenvalue weighted by Crippen LogP contribution is 2.31. The molecule has 0 aliphatic carbocycles. The second-order valence-corrected chi connectivity index (χ2v) is 3.60. The third-order valence-electron chi connectivity index (χ3n) is 2.47. The molecule has 1 aliphatic heterocycles. The van der Waals surface area contributed by atoms with Gasteiger partial charge < -0.3 is 15.4 Å². The molecule has 0 atom stereocenters. The molecule has 4 heteroatoms. The predicted molar refractivity (Wildman–Crippen MR) is 65.2 cm³/mol. The first kappa shape index (κ1) is 12.1. The van der Waals surface area contributed by atoms with E-state index in [4.69, 9.17) is 10.5 Å². The average molecular weight is 229 g/mol. The number of hydrogen-bond donors (Lipinski definition) is 1. The van der Waals surface area contributed by atoms with Gasteiger partial charge in [0, 0.05) is 13.1 Å². The molecule has 0 bridgehead atoms. The van der Waals surface area contributed by atoms with Crippen molar-refractivity contribution in [2.75, 3.05) is 31.1 Å². The molecule has 0 spiro atoms. The van der Waals surface area contributed by atoms with Crippen LogP contribution in [0.25, 0.3) is 0 Å². The van der Waals surface area contributed by atoms with Gasteiger partial charge in [-0.25, -0.2) is 0 Å². The molecule has 1 heterocycles. The molecule has 0 aromatic heterocycles. The summed E-state index contributed by atoms with van der Waals surface area (Å²) in [5.74, 6) is 0.990. The monoisotopic (exact) mass is 228 g/mol. The average Bonchev–Trinajstić information content (AvgIpc) is 2.18. The van der Waals surface area contributed by atoms with Gasteiger partial charge in [0.1, 0.15) is 12.4 Å². The van der Waals surface area contributed by atoms with E-state index < -0.39 is 0 Å². The maximum atomic E-state index is 5.60. The van der Waals surface area contributed by atoms with Crippen LogP contribution in [0.4, 0.5) is 5.69 Å². The molecule has 2 rings (SSSR count). The lowest BCUT2D eigenvalue weighted by molar-refractivity contribution is 0.308. The Morgan fingerprint density at radius 3 is 3.00 bits per heavy atom. The standard InChI is InChI=1S/C11H16N2O.ClH/c1-9-2-3-10-11(8-9)14-7-6-13(10)5-4-12;/h2-3,8H,4-7,12H2,1H3;1H. The summed E-state index contributed by atoms with van der Waals surface area (Å²) in [4.78, 5) is 2.28. The van der Waals surface area contributed by atoms with E-state index >= 15 is 0 Å².